The van der Waals surface area contributed by atoms with Crippen LogP contribution in [-0.4, -0.2) is 34.6 Å². The molecule has 0 amide bonds. The van der Waals surface area contributed by atoms with E-state index >= 15 is 0 Å². The van der Waals surface area contributed by atoms with Crippen molar-refractivity contribution in [2.45, 2.75) is 32.5 Å². The highest BCUT2D eigenvalue weighted by Gasteiger charge is 2.23. The third kappa shape index (κ3) is 2.40. The maximum absolute atomic E-state index is 3.54. The van der Waals surface area contributed by atoms with Gasteiger partial charge >= 0.3 is 0 Å². The molecule has 0 saturated carbocycles. The molecule has 1 fully saturated rings. The zero-order chi connectivity index (χ0) is 13.4. The van der Waals surface area contributed by atoms with Gasteiger partial charge in [0.25, 0.3) is 0 Å². The van der Waals surface area contributed by atoms with Crippen molar-refractivity contribution in [2.75, 3.05) is 13.1 Å². The predicted molar refractivity (Wildman–Crippen MR) is 80.3 cm³/mol. The van der Waals surface area contributed by atoms with E-state index in [-0.39, 0.29) is 0 Å². The van der Waals surface area contributed by atoms with Crippen LogP contribution in [0.1, 0.15) is 19.4 Å². The molecule has 1 N–H and O–H groups in total. The number of benzene rings is 1. The van der Waals surface area contributed by atoms with Crippen molar-refractivity contribution in [3.8, 4) is 0 Å². The van der Waals surface area contributed by atoms with Crippen molar-refractivity contribution in [3.63, 3.8) is 0 Å². The molecule has 0 spiro atoms. The Hall–Kier alpha value is -1.32. The second-order valence-corrected chi connectivity index (χ2v) is 5.87. The molecule has 2 aromatic rings. The summed E-state index contributed by atoms with van der Waals surface area (Å²) in [4.78, 5) is 2.59. The first kappa shape index (κ1) is 12.7. The standard InChI is InChI=1S/C16H23N3/c1-12-9-19(13(2)8-17-12)11-14-10-18(3)16-7-5-4-6-15(14)16/h4-7,10,12-13,17H,8-9,11H2,1-3H3. The minimum atomic E-state index is 0.589. The smallest absolute Gasteiger partial charge is 0.0481 e. The van der Waals surface area contributed by atoms with Crippen molar-refractivity contribution in [2.24, 2.45) is 7.05 Å². The summed E-state index contributed by atoms with van der Waals surface area (Å²) in [5, 5.41) is 4.94. The number of hydrogen-bond donors (Lipinski definition) is 1. The van der Waals surface area contributed by atoms with Crippen LogP contribution in [0.3, 0.4) is 0 Å². The summed E-state index contributed by atoms with van der Waals surface area (Å²) in [5.74, 6) is 0. The molecule has 2 atom stereocenters. The Labute approximate surface area is 115 Å². The maximum atomic E-state index is 3.54. The Morgan fingerprint density at radius 1 is 1.26 bits per heavy atom. The fourth-order valence-corrected chi connectivity index (χ4v) is 3.09. The number of aryl methyl sites for hydroxylation is 1. The van der Waals surface area contributed by atoms with E-state index in [1.807, 2.05) is 0 Å². The van der Waals surface area contributed by atoms with Gasteiger partial charge in [-0.25, -0.2) is 0 Å². The highest BCUT2D eigenvalue weighted by molar-refractivity contribution is 5.83. The van der Waals surface area contributed by atoms with Gasteiger partial charge in [-0.2, -0.15) is 0 Å². The van der Waals surface area contributed by atoms with Crippen LogP contribution in [0.2, 0.25) is 0 Å². The SMILES string of the molecule is CC1CN(Cc2cn(C)c3ccccc23)C(C)CN1. The molecule has 1 aromatic heterocycles. The van der Waals surface area contributed by atoms with Crippen LogP contribution in [0.25, 0.3) is 10.9 Å². The zero-order valence-electron chi connectivity index (χ0n) is 12.1. The Bertz CT molecular complexity index is 572. The Kier molecular flexibility index (Phi) is 3.33. The number of aromatic nitrogens is 1. The molecule has 1 aliphatic rings. The van der Waals surface area contributed by atoms with Gasteiger partial charge < -0.3 is 9.88 Å². The molecule has 1 saturated heterocycles. The molecule has 3 heteroatoms. The van der Waals surface area contributed by atoms with Crippen molar-refractivity contribution in [1.82, 2.24) is 14.8 Å². The summed E-state index contributed by atoms with van der Waals surface area (Å²) in [7, 11) is 2.13. The Balaban J connectivity index is 1.88. The molecule has 2 unspecified atom stereocenters. The van der Waals surface area contributed by atoms with Gasteiger partial charge in [-0.05, 0) is 25.5 Å². The number of hydrogen-bond acceptors (Lipinski definition) is 2. The van der Waals surface area contributed by atoms with E-state index in [0.717, 1.165) is 19.6 Å². The van der Waals surface area contributed by atoms with Gasteiger partial charge in [-0.1, -0.05) is 18.2 Å². The lowest BCUT2D eigenvalue weighted by Gasteiger charge is -2.37. The minimum absolute atomic E-state index is 0.589. The lowest BCUT2D eigenvalue weighted by atomic mass is 10.1. The third-order valence-corrected chi connectivity index (χ3v) is 4.25. The van der Waals surface area contributed by atoms with Crippen molar-refractivity contribution in [3.05, 3.63) is 36.0 Å². The van der Waals surface area contributed by atoms with Crippen molar-refractivity contribution in [1.29, 1.82) is 0 Å². The molecular weight excluding hydrogens is 234 g/mol. The quantitative estimate of drug-likeness (QED) is 0.891. The first-order valence-electron chi connectivity index (χ1n) is 7.15. The van der Waals surface area contributed by atoms with Gasteiger partial charge in [0.05, 0.1) is 0 Å². The van der Waals surface area contributed by atoms with E-state index in [1.165, 1.54) is 16.5 Å². The molecular formula is C16H23N3. The van der Waals surface area contributed by atoms with E-state index in [0.29, 0.717) is 12.1 Å². The second kappa shape index (κ2) is 4.99. The lowest BCUT2D eigenvalue weighted by Crippen LogP contribution is -2.53. The number of nitrogens with one attached hydrogen (secondary N) is 1. The van der Waals surface area contributed by atoms with Gasteiger partial charge in [0.15, 0.2) is 0 Å². The minimum Gasteiger partial charge on any atom is -0.350 e. The molecule has 2 heterocycles. The summed E-state index contributed by atoms with van der Waals surface area (Å²) < 4.78 is 2.24. The van der Waals surface area contributed by atoms with Crippen LogP contribution in [0.5, 0.6) is 0 Å². The van der Waals surface area contributed by atoms with E-state index in [9.17, 15) is 0 Å². The maximum Gasteiger partial charge on any atom is 0.0481 e. The molecule has 3 nitrogen and oxygen atoms in total. The van der Waals surface area contributed by atoms with Gasteiger partial charge in [-0.15, -0.1) is 0 Å². The van der Waals surface area contributed by atoms with E-state index in [2.05, 4.69) is 66.1 Å². The average Bonchev–Trinajstić information content (AvgIpc) is 2.72. The third-order valence-electron chi connectivity index (χ3n) is 4.25. The molecule has 102 valence electrons. The average molecular weight is 257 g/mol. The van der Waals surface area contributed by atoms with Gasteiger partial charge in [0, 0.05) is 55.9 Å². The van der Waals surface area contributed by atoms with Crippen molar-refractivity contribution >= 4 is 10.9 Å². The number of nitrogens with zero attached hydrogens (tertiary/aromatic N) is 2. The van der Waals surface area contributed by atoms with Crippen LogP contribution >= 0.6 is 0 Å². The van der Waals surface area contributed by atoms with Gasteiger partial charge in [0.1, 0.15) is 0 Å². The van der Waals surface area contributed by atoms with Crippen LogP contribution in [0.15, 0.2) is 30.5 Å². The fourth-order valence-electron chi connectivity index (χ4n) is 3.09. The highest BCUT2D eigenvalue weighted by Crippen LogP contribution is 2.23. The number of fused-ring (bicyclic) bond motifs is 1. The summed E-state index contributed by atoms with van der Waals surface area (Å²) in [6.45, 7) is 7.84. The number of para-hydroxylation sites is 1. The van der Waals surface area contributed by atoms with E-state index in [4.69, 9.17) is 0 Å². The summed E-state index contributed by atoms with van der Waals surface area (Å²) in [5.41, 5.74) is 2.77. The fraction of sp³-hybridized carbons (Fsp3) is 0.500. The van der Waals surface area contributed by atoms with Crippen LogP contribution in [-0.2, 0) is 13.6 Å². The highest BCUT2D eigenvalue weighted by atomic mass is 15.2. The van der Waals surface area contributed by atoms with E-state index in [1.54, 1.807) is 0 Å². The monoisotopic (exact) mass is 257 g/mol. The van der Waals surface area contributed by atoms with Gasteiger partial charge in [-0.3, -0.25) is 4.90 Å². The number of piperazine rings is 1. The van der Waals surface area contributed by atoms with E-state index < -0.39 is 0 Å². The molecule has 0 bridgehead atoms. The van der Waals surface area contributed by atoms with Crippen LogP contribution in [0, 0.1) is 0 Å². The molecule has 1 aromatic carbocycles. The Morgan fingerprint density at radius 2 is 2.05 bits per heavy atom. The van der Waals surface area contributed by atoms with Gasteiger partial charge in [0.2, 0.25) is 0 Å². The summed E-state index contributed by atoms with van der Waals surface area (Å²) in [6, 6.07) is 9.88. The normalized spacial score (nSPS) is 25.0. The lowest BCUT2D eigenvalue weighted by molar-refractivity contribution is 0.139. The predicted octanol–water partition coefficient (Wildman–Crippen LogP) is 2.36. The first-order valence-corrected chi connectivity index (χ1v) is 7.15. The number of rotatable bonds is 2. The molecule has 1 aliphatic heterocycles. The molecule has 0 aliphatic carbocycles. The molecule has 3 rings (SSSR count). The zero-order valence-corrected chi connectivity index (χ0v) is 12.1. The largest absolute Gasteiger partial charge is 0.350 e. The topological polar surface area (TPSA) is 20.2 Å². The van der Waals surface area contributed by atoms with Crippen molar-refractivity contribution < 1.29 is 0 Å². The molecule has 19 heavy (non-hydrogen) atoms. The van der Waals surface area contributed by atoms with Crippen LogP contribution in [0.4, 0.5) is 0 Å². The Morgan fingerprint density at radius 3 is 2.89 bits per heavy atom. The van der Waals surface area contributed by atoms with Crippen LogP contribution < -0.4 is 5.32 Å². The second-order valence-electron chi connectivity index (χ2n) is 5.87. The summed E-state index contributed by atoms with van der Waals surface area (Å²) >= 11 is 0. The first-order chi connectivity index (χ1) is 9.15. The molecule has 0 radical (unpaired) electrons. The summed E-state index contributed by atoms with van der Waals surface area (Å²) in [6.07, 6.45) is 2.28.